The van der Waals surface area contributed by atoms with Crippen LogP contribution in [0.1, 0.15) is 0 Å². The van der Waals surface area contributed by atoms with Gasteiger partial charge in [-0.1, -0.05) is 164 Å². The monoisotopic (exact) mass is 792 g/mol. The summed E-state index contributed by atoms with van der Waals surface area (Å²) in [6.45, 7) is 0. The van der Waals surface area contributed by atoms with Crippen LogP contribution in [-0.4, -0.2) is 19.5 Å². The molecule has 0 radical (unpaired) electrons. The van der Waals surface area contributed by atoms with E-state index in [9.17, 15) is 0 Å². The number of hydrogen-bond donors (Lipinski definition) is 0. The van der Waals surface area contributed by atoms with Crippen LogP contribution >= 0.6 is 0 Å². The zero-order valence-corrected chi connectivity index (χ0v) is 33.5. The number of benzene rings is 9. The van der Waals surface area contributed by atoms with Gasteiger partial charge >= 0.3 is 0 Å². The quantitative estimate of drug-likeness (QED) is 0.161. The fourth-order valence-corrected chi connectivity index (χ4v) is 8.79. The highest BCUT2D eigenvalue weighted by Crippen LogP contribution is 2.39. The van der Waals surface area contributed by atoms with Gasteiger partial charge < -0.3 is 8.98 Å². The van der Waals surface area contributed by atoms with Crippen molar-refractivity contribution in [3.8, 4) is 73.2 Å². The van der Waals surface area contributed by atoms with Crippen molar-refractivity contribution in [2.45, 2.75) is 0 Å². The molecule has 5 heteroatoms. The summed E-state index contributed by atoms with van der Waals surface area (Å²) < 4.78 is 8.76. The molecule has 0 aliphatic rings. The van der Waals surface area contributed by atoms with Gasteiger partial charge in [-0.3, -0.25) is 0 Å². The lowest BCUT2D eigenvalue weighted by molar-refractivity contribution is 0.669. The maximum Gasteiger partial charge on any atom is 0.164 e. The molecule has 0 N–H and O–H groups in total. The van der Waals surface area contributed by atoms with Gasteiger partial charge in [0.1, 0.15) is 11.2 Å². The smallest absolute Gasteiger partial charge is 0.164 e. The highest BCUT2D eigenvalue weighted by atomic mass is 16.3. The highest BCUT2D eigenvalue weighted by Gasteiger charge is 2.17. The Morgan fingerprint density at radius 2 is 0.726 bits per heavy atom. The molecule has 0 amide bonds. The lowest BCUT2D eigenvalue weighted by Gasteiger charge is -2.14. The molecule has 0 aliphatic carbocycles. The van der Waals surface area contributed by atoms with E-state index in [-0.39, 0.29) is 0 Å². The molecule has 9 aromatic carbocycles. The zero-order valence-electron chi connectivity index (χ0n) is 33.5. The van der Waals surface area contributed by atoms with Crippen molar-refractivity contribution in [2.75, 3.05) is 0 Å². The summed E-state index contributed by atoms with van der Waals surface area (Å²) in [5.74, 6) is 1.93. The molecule has 62 heavy (non-hydrogen) atoms. The average molecular weight is 793 g/mol. The largest absolute Gasteiger partial charge is 0.456 e. The van der Waals surface area contributed by atoms with Crippen LogP contribution in [0.5, 0.6) is 0 Å². The summed E-state index contributed by atoms with van der Waals surface area (Å²) in [7, 11) is 0. The molecule has 0 unspecified atom stereocenters. The van der Waals surface area contributed by atoms with Crippen molar-refractivity contribution >= 4 is 43.7 Å². The van der Waals surface area contributed by atoms with Crippen LogP contribution in [0.4, 0.5) is 0 Å². The summed E-state index contributed by atoms with van der Waals surface area (Å²) in [6, 6.07) is 76.6. The molecule has 0 spiro atoms. The SMILES string of the molecule is c1ccc(-c2cc(-c3ccc4c(c3)oc3ccccc34)cc(-n3c4ccccc4c4cc(-c5ccc(-c6nc(-c7ccccc7)nc(-c7ccccc7)n6)cc5)ccc43)c2)cc1. The Hall–Kier alpha value is -8.41. The Balaban J connectivity index is 0.961. The summed E-state index contributed by atoms with van der Waals surface area (Å²) in [6.07, 6.45) is 0. The number of fused-ring (bicyclic) bond motifs is 6. The highest BCUT2D eigenvalue weighted by molar-refractivity contribution is 6.11. The minimum atomic E-state index is 0.636. The van der Waals surface area contributed by atoms with E-state index in [1.807, 2.05) is 72.8 Å². The van der Waals surface area contributed by atoms with Gasteiger partial charge in [-0.05, 0) is 88.0 Å². The van der Waals surface area contributed by atoms with Crippen molar-refractivity contribution in [1.82, 2.24) is 19.5 Å². The van der Waals surface area contributed by atoms with Crippen LogP contribution in [0.15, 0.2) is 223 Å². The maximum atomic E-state index is 6.35. The second-order valence-corrected chi connectivity index (χ2v) is 15.6. The Labute approximate surface area is 357 Å². The molecule has 0 atom stereocenters. The molecule has 0 bridgehead atoms. The predicted octanol–water partition coefficient (Wildman–Crippen LogP) is 14.9. The van der Waals surface area contributed by atoms with E-state index in [1.165, 1.54) is 10.8 Å². The molecule has 0 saturated carbocycles. The predicted molar refractivity (Wildman–Crippen MR) is 254 cm³/mol. The third-order valence-electron chi connectivity index (χ3n) is 11.8. The molecule has 12 aromatic rings. The van der Waals surface area contributed by atoms with Crippen LogP contribution in [-0.2, 0) is 0 Å². The third kappa shape index (κ3) is 6.23. The van der Waals surface area contributed by atoms with Crippen molar-refractivity contribution in [3.63, 3.8) is 0 Å². The van der Waals surface area contributed by atoms with E-state index in [0.29, 0.717) is 17.5 Å². The van der Waals surface area contributed by atoms with Crippen LogP contribution < -0.4 is 0 Å². The van der Waals surface area contributed by atoms with Crippen LogP contribution in [0, 0.1) is 0 Å². The van der Waals surface area contributed by atoms with E-state index in [1.54, 1.807) is 0 Å². The normalized spacial score (nSPS) is 11.5. The first-order chi connectivity index (χ1) is 30.7. The summed E-state index contributed by atoms with van der Waals surface area (Å²) in [5, 5.41) is 4.64. The van der Waals surface area contributed by atoms with Crippen LogP contribution in [0.3, 0.4) is 0 Å². The second kappa shape index (κ2) is 14.7. The van der Waals surface area contributed by atoms with Gasteiger partial charge in [-0.25, -0.2) is 15.0 Å². The lowest BCUT2D eigenvalue weighted by atomic mass is 9.97. The van der Waals surface area contributed by atoms with Gasteiger partial charge in [0.05, 0.1) is 11.0 Å². The zero-order chi connectivity index (χ0) is 41.0. The van der Waals surface area contributed by atoms with E-state index in [0.717, 1.165) is 88.7 Å². The van der Waals surface area contributed by atoms with Crippen molar-refractivity contribution in [2.24, 2.45) is 0 Å². The van der Waals surface area contributed by atoms with E-state index >= 15 is 0 Å². The van der Waals surface area contributed by atoms with Gasteiger partial charge in [0.15, 0.2) is 17.5 Å². The van der Waals surface area contributed by atoms with Crippen molar-refractivity contribution in [1.29, 1.82) is 0 Å². The molecule has 0 fully saturated rings. The van der Waals surface area contributed by atoms with E-state index < -0.39 is 0 Å². The van der Waals surface area contributed by atoms with E-state index in [4.69, 9.17) is 19.4 Å². The molecule has 5 nitrogen and oxygen atoms in total. The minimum Gasteiger partial charge on any atom is -0.456 e. The third-order valence-corrected chi connectivity index (χ3v) is 11.8. The number of rotatable bonds is 7. The van der Waals surface area contributed by atoms with Gasteiger partial charge in [0, 0.05) is 43.9 Å². The summed E-state index contributed by atoms with van der Waals surface area (Å²) in [5.41, 5.74) is 14.8. The first-order valence-corrected chi connectivity index (χ1v) is 20.8. The maximum absolute atomic E-state index is 6.35. The van der Waals surface area contributed by atoms with E-state index in [2.05, 4.69) is 150 Å². The first-order valence-electron chi connectivity index (χ1n) is 20.8. The second-order valence-electron chi connectivity index (χ2n) is 15.6. The fourth-order valence-electron chi connectivity index (χ4n) is 8.79. The van der Waals surface area contributed by atoms with Crippen molar-refractivity contribution in [3.05, 3.63) is 218 Å². The van der Waals surface area contributed by atoms with Gasteiger partial charge in [0.25, 0.3) is 0 Å². The van der Waals surface area contributed by atoms with Gasteiger partial charge in [-0.15, -0.1) is 0 Å². The number of furan rings is 1. The Kier molecular flexibility index (Phi) is 8.42. The van der Waals surface area contributed by atoms with Crippen molar-refractivity contribution < 1.29 is 4.42 Å². The van der Waals surface area contributed by atoms with Gasteiger partial charge in [0.2, 0.25) is 0 Å². The average Bonchev–Trinajstić information content (AvgIpc) is 3.90. The summed E-state index contributed by atoms with van der Waals surface area (Å²) in [4.78, 5) is 14.8. The number of aromatic nitrogens is 4. The molecule has 3 heterocycles. The molecule has 0 saturated heterocycles. The Morgan fingerprint density at radius 1 is 0.274 bits per heavy atom. The minimum absolute atomic E-state index is 0.636. The molecule has 0 aliphatic heterocycles. The van der Waals surface area contributed by atoms with Crippen LogP contribution in [0.25, 0.3) is 117 Å². The number of hydrogen-bond acceptors (Lipinski definition) is 4. The Morgan fingerprint density at radius 3 is 1.40 bits per heavy atom. The van der Waals surface area contributed by atoms with Gasteiger partial charge in [-0.2, -0.15) is 0 Å². The molecular formula is C57H36N4O. The molecule has 3 aromatic heterocycles. The molecule has 12 rings (SSSR count). The fraction of sp³-hybridized carbons (Fsp3) is 0. The molecular weight excluding hydrogens is 757 g/mol. The molecule has 290 valence electrons. The standard InChI is InChI=1S/C57H36N4O/c1-4-14-37(15-5-1)44-32-45(43-28-30-49-48-21-11-13-23-53(48)62-54(49)36-43)34-46(33-44)61-51-22-12-10-20-47(51)50-35-42(29-31-52(50)61)38-24-26-41(27-25-38)57-59-55(39-16-6-2-7-17-39)58-56(60-57)40-18-8-3-9-19-40/h1-36H. The number of para-hydroxylation sites is 2. The summed E-state index contributed by atoms with van der Waals surface area (Å²) >= 11 is 0. The number of nitrogens with zero attached hydrogens (tertiary/aromatic N) is 4. The first kappa shape index (κ1) is 35.5. The Bertz CT molecular complexity index is 3550. The van der Waals surface area contributed by atoms with Crippen LogP contribution in [0.2, 0.25) is 0 Å². The lowest BCUT2D eigenvalue weighted by Crippen LogP contribution is -2.00. The topological polar surface area (TPSA) is 56.7 Å².